The lowest BCUT2D eigenvalue weighted by Crippen LogP contribution is -2.18. The van der Waals surface area contributed by atoms with Gasteiger partial charge in [-0.25, -0.2) is 0 Å². The number of ether oxygens (including phenoxy) is 1. The molecule has 0 saturated heterocycles. The Morgan fingerprint density at radius 3 is 2.91 bits per heavy atom. The number of aryl methyl sites for hydroxylation is 1. The third kappa shape index (κ3) is 3.22. The summed E-state index contributed by atoms with van der Waals surface area (Å²) in [5.74, 6) is 0.980. The Bertz CT molecular complexity index is 671. The number of hydrogen-bond acceptors (Lipinski definition) is 3. The molecule has 1 aliphatic rings. The molecule has 1 fully saturated rings. The van der Waals surface area contributed by atoms with Crippen LogP contribution in [0, 0.1) is 12.8 Å². The molecule has 0 unspecified atom stereocenters. The first-order chi connectivity index (χ1) is 10.7. The quantitative estimate of drug-likeness (QED) is 0.578. The molecule has 0 bridgehead atoms. The first-order valence-electron chi connectivity index (χ1n) is 8.17. The molecule has 1 aliphatic carbocycles. The third-order valence-electron chi connectivity index (χ3n) is 4.62. The molecule has 0 aliphatic heterocycles. The third-order valence-corrected chi connectivity index (χ3v) is 4.62. The second-order valence-electron chi connectivity index (χ2n) is 6.39. The fourth-order valence-corrected chi connectivity index (χ4v) is 3.07. The summed E-state index contributed by atoms with van der Waals surface area (Å²) >= 11 is 0. The Kier molecular flexibility index (Phi) is 4.57. The van der Waals surface area contributed by atoms with Crippen LogP contribution in [0.25, 0.3) is 10.9 Å². The van der Waals surface area contributed by atoms with Crippen molar-refractivity contribution in [2.75, 3.05) is 13.7 Å². The number of benzene rings is 1. The maximum absolute atomic E-state index is 12.3. The SMILES string of the molecule is COCCCC(=O)c1cc2cn(CC3CCC3)nc2cc1C. The van der Waals surface area contributed by atoms with Crippen molar-refractivity contribution in [2.24, 2.45) is 5.92 Å². The van der Waals surface area contributed by atoms with Crippen LogP contribution >= 0.6 is 0 Å². The van der Waals surface area contributed by atoms with E-state index in [1.807, 2.05) is 23.7 Å². The lowest BCUT2D eigenvalue weighted by Gasteiger charge is -2.24. The minimum Gasteiger partial charge on any atom is -0.385 e. The lowest BCUT2D eigenvalue weighted by atomic mass is 9.85. The standard InChI is InChI=1S/C18H24N2O2/c1-13-9-17-15(10-16(13)18(21)7-4-8-22-2)12-20(19-17)11-14-5-3-6-14/h9-10,12,14H,3-8,11H2,1-2H3. The van der Waals surface area contributed by atoms with Gasteiger partial charge in [0.25, 0.3) is 0 Å². The number of methoxy groups -OCH3 is 1. The smallest absolute Gasteiger partial charge is 0.163 e. The minimum atomic E-state index is 0.197. The van der Waals surface area contributed by atoms with Gasteiger partial charge in [0.15, 0.2) is 5.78 Å². The molecule has 0 atom stereocenters. The summed E-state index contributed by atoms with van der Waals surface area (Å²) < 4.78 is 7.07. The molecule has 1 saturated carbocycles. The van der Waals surface area contributed by atoms with Crippen molar-refractivity contribution in [3.05, 3.63) is 29.5 Å². The number of hydrogen-bond donors (Lipinski definition) is 0. The minimum absolute atomic E-state index is 0.197. The molecule has 0 spiro atoms. The van der Waals surface area contributed by atoms with E-state index >= 15 is 0 Å². The van der Waals surface area contributed by atoms with Gasteiger partial charge in [-0.3, -0.25) is 9.48 Å². The fourth-order valence-electron chi connectivity index (χ4n) is 3.07. The van der Waals surface area contributed by atoms with Crippen LogP contribution in [0.1, 0.15) is 48.0 Å². The summed E-state index contributed by atoms with van der Waals surface area (Å²) in [7, 11) is 1.66. The van der Waals surface area contributed by atoms with Gasteiger partial charge in [-0.15, -0.1) is 0 Å². The Morgan fingerprint density at radius 2 is 2.23 bits per heavy atom. The van der Waals surface area contributed by atoms with Crippen LogP contribution in [0.2, 0.25) is 0 Å². The Hall–Kier alpha value is -1.68. The molecule has 2 aromatic rings. The number of ketones is 1. The Morgan fingerprint density at radius 1 is 1.41 bits per heavy atom. The van der Waals surface area contributed by atoms with E-state index in [0.717, 1.165) is 40.9 Å². The second-order valence-corrected chi connectivity index (χ2v) is 6.39. The van der Waals surface area contributed by atoms with E-state index < -0.39 is 0 Å². The first kappa shape index (κ1) is 15.2. The number of Topliss-reactive ketones (excluding diaryl/α,β-unsaturated/α-hetero) is 1. The lowest BCUT2D eigenvalue weighted by molar-refractivity contribution is 0.0963. The van der Waals surface area contributed by atoms with Crippen molar-refractivity contribution in [1.29, 1.82) is 0 Å². The summed E-state index contributed by atoms with van der Waals surface area (Å²) in [4.78, 5) is 12.3. The van der Waals surface area contributed by atoms with Gasteiger partial charge in [0, 0.05) is 43.8 Å². The maximum Gasteiger partial charge on any atom is 0.163 e. The molecular formula is C18H24N2O2. The number of nitrogens with zero attached hydrogens (tertiary/aromatic N) is 2. The van der Waals surface area contributed by atoms with E-state index in [4.69, 9.17) is 4.74 Å². The van der Waals surface area contributed by atoms with Crippen LogP contribution in [0.3, 0.4) is 0 Å². The van der Waals surface area contributed by atoms with E-state index in [1.54, 1.807) is 7.11 Å². The molecule has 1 heterocycles. The van der Waals surface area contributed by atoms with Crippen molar-refractivity contribution in [3.8, 4) is 0 Å². The summed E-state index contributed by atoms with van der Waals surface area (Å²) in [6, 6.07) is 4.04. The average molecular weight is 300 g/mol. The molecule has 4 nitrogen and oxygen atoms in total. The van der Waals surface area contributed by atoms with E-state index in [1.165, 1.54) is 19.3 Å². The molecule has 0 amide bonds. The van der Waals surface area contributed by atoms with Crippen molar-refractivity contribution in [2.45, 2.75) is 45.6 Å². The highest BCUT2D eigenvalue weighted by atomic mass is 16.5. The molecule has 0 N–H and O–H groups in total. The monoisotopic (exact) mass is 300 g/mol. The normalized spacial score (nSPS) is 15.2. The first-order valence-corrected chi connectivity index (χ1v) is 8.17. The van der Waals surface area contributed by atoms with Gasteiger partial charge in [0.1, 0.15) is 0 Å². The molecule has 0 radical (unpaired) electrons. The number of aromatic nitrogens is 2. The maximum atomic E-state index is 12.3. The summed E-state index contributed by atoms with van der Waals surface area (Å²) in [5.41, 5.74) is 2.83. The van der Waals surface area contributed by atoms with Gasteiger partial charge in [-0.1, -0.05) is 6.42 Å². The molecule has 22 heavy (non-hydrogen) atoms. The Labute approximate surface area is 131 Å². The van der Waals surface area contributed by atoms with Gasteiger partial charge < -0.3 is 4.74 Å². The molecule has 1 aromatic heterocycles. The predicted molar refractivity (Wildman–Crippen MR) is 87.3 cm³/mol. The van der Waals surface area contributed by atoms with E-state index in [-0.39, 0.29) is 5.78 Å². The van der Waals surface area contributed by atoms with E-state index in [2.05, 4.69) is 11.3 Å². The highest BCUT2D eigenvalue weighted by Crippen LogP contribution is 2.28. The number of carbonyl (C=O) groups excluding carboxylic acids is 1. The van der Waals surface area contributed by atoms with Crippen LogP contribution in [0.5, 0.6) is 0 Å². The van der Waals surface area contributed by atoms with Crippen LogP contribution in [-0.4, -0.2) is 29.3 Å². The topological polar surface area (TPSA) is 44.1 Å². The summed E-state index contributed by atoms with van der Waals surface area (Å²) in [6.45, 7) is 3.63. The molecule has 118 valence electrons. The number of fused-ring (bicyclic) bond motifs is 1. The largest absolute Gasteiger partial charge is 0.385 e. The second kappa shape index (κ2) is 6.61. The van der Waals surface area contributed by atoms with Crippen LogP contribution < -0.4 is 0 Å². The van der Waals surface area contributed by atoms with E-state index in [0.29, 0.717) is 13.0 Å². The molecule has 4 heteroatoms. The summed E-state index contributed by atoms with van der Waals surface area (Å²) in [6.07, 6.45) is 7.38. The highest BCUT2D eigenvalue weighted by molar-refractivity contribution is 6.00. The molecule has 3 rings (SSSR count). The van der Waals surface area contributed by atoms with Crippen molar-refractivity contribution < 1.29 is 9.53 Å². The number of carbonyl (C=O) groups is 1. The molecule has 1 aromatic carbocycles. The zero-order chi connectivity index (χ0) is 15.5. The van der Waals surface area contributed by atoms with Crippen molar-refractivity contribution in [1.82, 2.24) is 9.78 Å². The van der Waals surface area contributed by atoms with Crippen molar-refractivity contribution in [3.63, 3.8) is 0 Å². The van der Waals surface area contributed by atoms with Crippen LogP contribution in [0.15, 0.2) is 18.3 Å². The van der Waals surface area contributed by atoms with Gasteiger partial charge in [-0.05, 0) is 49.8 Å². The van der Waals surface area contributed by atoms with Gasteiger partial charge in [-0.2, -0.15) is 5.10 Å². The Balaban J connectivity index is 1.78. The number of rotatable bonds is 7. The predicted octanol–water partition coefficient (Wildman–Crippen LogP) is 3.75. The average Bonchev–Trinajstić information content (AvgIpc) is 2.83. The van der Waals surface area contributed by atoms with Gasteiger partial charge >= 0.3 is 0 Å². The van der Waals surface area contributed by atoms with Gasteiger partial charge in [0.2, 0.25) is 0 Å². The zero-order valence-electron chi connectivity index (χ0n) is 13.5. The fraction of sp³-hybridized carbons (Fsp3) is 0.556. The zero-order valence-corrected chi connectivity index (χ0v) is 13.5. The summed E-state index contributed by atoms with van der Waals surface area (Å²) in [5, 5.41) is 5.73. The highest BCUT2D eigenvalue weighted by Gasteiger charge is 2.19. The molecular weight excluding hydrogens is 276 g/mol. The van der Waals surface area contributed by atoms with Crippen molar-refractivity contribution >= 4 is 16.7 Å². The van der Waals surface area contributed by atoms with Crippen LogP contribution in [0.4, 0.5) is 0 Å². The van der Waals surface area contributed by atoms with Gasteiger partial charge in [0.05, 0.1) is 5.52 Å². The van der Waals surface area contributed by atoms with E-state index in [9.17, 15) is 4.79 Å². The van der Waals surface area contributed by atoms with Crippen LogP contribution in [-0.2, 0) is 11.3 Å².